The Hall–Kier alpha value is -3.16. The number of carbonyl (C=O) groups is 2. The monoisotopic (exact) mass is 420 g/mol. The molecule has 0 unspecified atom stereocenters. The highest BCUT2D eigenvalue weighted by Crippen LogP contribution is 2.33. The van der Waals surface area contributed by atoms with E-state index in [-0.39, 0.29) is 18.4 Å². The van der Waals surface area contributed by atoms with Crippen LogP contribution < -0.4 is 21.7 Å². The zero-order valence-electron chi connectivity index (χ0n) is 16.7. The predicted octanol–water partition coefficient (Wildman–Crippen LogP) is 4.26. The summed E-state index contributed by atoms with van der Waals surface area (Å²) in [5.74, 6) is -0.246. The maximum absolute atomic E-state index is 12.4. The Kier molecular flexibility index (Phi) is 5.83. The van der Waals surface area contributed by atoms with Gasteiger partial charge in [-0.2, -0.15) is 0 Å². The molecule has 0 radical (unpaired) electrons. The minimum atomic E-state index is -0.221. The highest BCUT2D eigenvalue weighted by Gasteiger charge is 2.24. The molecule has 0 atom stereocenters. The highest BCUT2D eigenvalue weighted by atomic mass is 32.1. The first-order valence-corrected chi connectivity index (χ1v) is 10.8. The summed E-state index contributed by atoms with van der Waals surface area (Å²) in [4.78, 5) is 23.9. The van der Waals surface area contributed by atoms with Gasteiger partial charge in [0.05, 0.1) is 11.5 Å². The second kappa shape index (κ2) is 8.69. The number of hydrogen-bond donors (Lipinski definition) is 4. The van der Waals surface area contributed by atoms with E-state index in [2.05, 4.69) is 27.4 Å². The Bertz CT molecular complexity index is 1090. The molecule has 4 rings (SSSR count). The first-order chi connectivity index (χ1) is 14.5. The van der Waals surface area contributed by atoms with Crippen LogP contribution in [0.3, 0.4) is 0 Å². The fraction of sp³-hybridized carbons (Fsp3) is 0.217. The van der Waals surface area contributed by atoms with E-state index in [1.54, 1.807) is 11.3 Å². The standard InChI is InChI=1S/C23H24N4O2S/c1-14-5-6-16(23(29)26-18-7-8-18)10-20(14)27-22-11-17(13-30-22)15-3-2-4-19(9-15)25-21(28)12-24/h2-6,9-11,13,18,27H,7-8,12,24H2,1H3,(H,25,28)(H,26,29). The van der Waals surface area contributed by atoms with Crippen LogP contribution in [-0.2, 0) is 4.79 Å². The minimum absolute atomic E-state index is 0.0243. The molecule has 1 aliphatic rings. The van der Waals surface area contributed by atoms with Gasteiger partial charge in [-0.15, -0.1) is 11.3 Å². The number of rotatable bonds is 7. The van der Waals surface area contributed by atoms with Crippen molar-refractivity contribution in [2.24, 2.45) is 5.73 Å². The molecule has 7 heteroatoms. The van der Waals surface area contributed by atoms with Crippen LogP contribution in [0.4, 0.5) is 16.4 Å². The molecule has 0 bridgehead atoms. The molecule has 2 aromatic carbocycles. The summed E-state index contributed by atoms with van der Waals surface area (Å²) in [6.45, 7) is 1.97. The van der Waals surface area contributed by atoms with E-state index in [9.17, 15) is 9.59 Å². The number of hydrogen-bond acceptors (Lipinski definition) is 5. The third-order valence-electron chi connectivity index (χ3n) is 4.93. The van der Waals surface area contributed by atoms with E-state index in [1.165, 1.54) is 0 Å². The van der Waals surface area contributed by atoms with Crippen molar-refractivity contribution in [1.29, 1.82) is 0 Å². The molecule has 1 aliphatic carbocycles. The quantitative estimate of drug-likeness (QED) is 0.459. The molecule has 30 heavy (non-hydrogen) atoms. The van der Waals surface area contributed by atoms with Crippen molar-refractivity contribution in [1.82, 2.24) is 5.32 Å². The van der Waals surface area contributed by atoms with E-state index in [0.717, 1.165) is 40.2 Å². The largest absolute Gasteiger partial charge is 0.349 e. The Balaban J connectivity index is 1.50. The lowest BCUT2D eigenvalue weighted by Gasteiger charge is -2.10. The van der Waals surface area contributed by atoms with Crippen LogP contribution in [0.5, 0.6) is 0 Å². The molecule has 1 fully saturated rings. The third-order valence-corrected chi connectivity index (χ3v) is 5.78. The summed E-state index contributed by atoms with van der Waals surface area (Å²) >= 11 is 1.59. The number of nitrogens with two attached hydrogens (primary N) is 1. The number of thiophene rings is 1. The number of benzene rings is 2. The molecule has 1 heterocycles. The molecular formula is C23H24N4O2S. The first kappa shape index (κ1) is 20.1. The summed E-state index contributed by atoms with van der Waals surface area (Å²) in [5.41, 5.74) is 10.8. The molecule has 1 saturated carbocycles. The Morgan fingerprint density at radius 2 is 1.93 bits per heavy atom. The van der Waals surface area contributed by atoms with Gasteiger partial charge in [0.2, 0.25) is 5.91 Å². The first-order valence-electron chi connectivity index (χ1n) is 9.89. The minimum Gasteiger partial charge on any atom is -0.349 e. The van der Waals surface area contributed by atoms with Crippen molar-refractivity contribution in [2.75, 3.05) is 17.2 Å². The smallest absolute Gasteiger partial charge is 0.251 e. The van der Waals surface area contributed by atoms with Crippen LogP contribution >= 0.6 is 11.3 Å². The van der Waals surface area contributed by atoms with Crippen LogP contribution in [-0.4, -0.2) is 24.4 Å². The van der Waals surface area contributed by atoms with Crippen molar-refractivity contribution in [3.8, 4) is 11.1 Å². The third kappa shape index (κ3) is 4.87. The van der Waals surface area contributed by atoms with Gasteiger partial charge in [-0.3, -0.25) is 9.59 Å². The molecule has 0 saturated heterocycles. The number of amides is 2. The Morgan fingerprint density at radius 3 is 2.70 bits per heavy atom. The molecule has 3 aromatic rings. The lowest BCUT2D eigenvalue weighted by molar-refractivity contribution is -0.114. The van der Waals surface area contributed by atoms with Gasteiger partial charge in [0.25, 0.3) is 5.91 Å². The molecule has 5 N–H and O–H groups in total. The molecule has 0 aliphatic heterocycles. The normalized spacial score (nSPS) is 13.0. The fourth-order valence-electron chi connectivity index (χ4n) is 3.07. The molecule has 154 valence electrons. The second-order valence-corrected chi connectivity index (χ2v) is 8.35. The molecular weight excluding hydrogens is 396 g/mol. The van der Waals surface area contributed by atoms with Crippen LogP contribution in [0, 0.1) is 6.92 Å². The fourth-order valence-corrected chi connectivity index (χ4v) is 3.89. The van der Waals surface area contributed by atoms with Gasteiger partial charge in [-0.25, -0.2) is 0 Å². The van der Waals surface area contributed by atoms with Crippen molar-refractivity contribution in [3.63, 3.8) is 0 Å². The van der Waals surface area contributed by atoms with E-state index >= 15 is 0 Å². The van der Waals surface area contributed by atoms with E-state index in [4.69, 9.17) is 5.73 Å². The van der Waals surface area contributed by atoms with Gasteiger partial charge in [0, 0.05) is 28.4 Å². The van der Waals surface area contributed by atoms with Crippen LogP contribution in [0.15, 0.2) is 53.9 Å². The van der Waals surface area contributed by atoms with Gasteiger partial charge in [0.15, 0.2) is 0 Å². The van der Waals surface area contributed by atoms with Gasteiger partial charge >= 0.3 is 0 Å². The second-order valence-electron chi connectivity index (χ2n) is 7.44. The van der Waals surface area contributed by atoms with Gasteiger partial charge in [-0.05, 0) is 66.8 Å². The van der Waals surface area contributed by atoms with Crippen molar-refractivity contribution in [2.45, 2.75) is 25.8 Å². The average Bonchev–Trinajstić information content (AvgIpc) is 3.44. The lowest BCUT2D eigenvalue weighted by Crippen LogP contribution is -2.25. The SMILES string of the molecule is Cc1ccc(C(=O)NC2CC2)cc1Nc1cc(-c2cccc(NC(=O)CN)c2)cs1. The van der Waals surface area contributed by atoms with Crippen molar-refractivity contribution in [3.05, 3.63) is 65.0 Å². The Morgan fingerprint density at radius 1 is 1.10 bits per heavy atom. The predicted molar refractivity (Wildman–Crippen MR) is 122 cm³/mol. The number of nitrogens with one attached hydrogen (secondary N) is 3. The zero-order valence-corrected chi connectivity index (χ0v) is 17.5. The summed E-state index contributed by atoms with van der Waals surface area (Å²) in [6, 6.07) is 15.8. The van der Waals surface area contributed by atoms with Crippen molar-refractivity contribution < 1.29 is 9.59 Å². The topological polar surface area (TPSA) is 96.2 Å². The number of anilines is 3. The lowest BCUT2D eigenvalue weighted by atomic mass is 10.1. The van der Waals surface area contributed by atoms with E-state index in [0.29, 0.717) is 17.3 Å². The van der Waals surface area contributed by atoms with E-state index in [1.807, 2.05) is 49.4 Å². The van der Waals surface area contributed by atoms with E-state index < -0.39 is 0 Å². The maximum Gasteiger partial charge on any atom is 0.251 e. The summed E-state index contributed by atoms with van der Waals surface area (Å²) in [5, 5.41) is 12.3. The van der Waals surface area contributed by atoms with Gasteiger partial charge < -0.3 is 21.7 Å². The molecule has 2 amide bonds. The maximum atomic E-state index is 12.4. The average molecular weight is 421 g/mol. The number of carbonyl (C=O) groups excluding carboxylic acids is 2. The van der Waals surface area contributed by atoms with Crippen molar-refractivity contribution >= 4 is 39.5 Å². The van der Waals surface area contributed by atoms with Crippen LogP contribution in [0.25, 0.3) is 11.1 Å². The Labute approximate surface area is 179 Å². The molecule has 6 nitrogen and oxygen atoms in total. The molecule has 1 aromatic heterocycles. The molecule has 0 spiro atoms. The van der Waals surface area contributed by atoms with Crippen LogP contribution in [0.2, 0.25) is 0 Å². The summed E-state index contributed by atoms with van der Waals surface area (Å²) in [6.07, 6.45) is 2.13. The van der Waals surface area contributed by atoms with Gasteiger partial charge in [0.1, 0.15) is 0 Å². The number of aryl methyl sites for hydroxylation is 1. The zero-order chi connectivity index (χ0) is 21.1. The van der Waals surface area contributed by atoms with Gasteiger partial charge in [-0.1, -0.05) is 18.2 Å². The highest BCUT2D eigenvalue weighted by molar-refractivity contribution is 7.14. The summed E-state index contributed by atoms with van der Waals surface area (Å²) < 4.78 is 0. The van der Waals surface area contributed by atoms with Crippen LogP contribution in [0.1, 0.15) is 28.8 Å². The summed E-state index contributed by atoms with van der Waals surface area (Å²) in [7, 11) is 0.